The predicted octanol–water partition coefficient (Wildman–Crippen LogP) is 6.15. The number of nitrogens with one attached hydrogen (secondary N) is 1. The lowest BCUT2D eigenvalue weighted by atomic mass is 10.00. The number of methoxy groups -OCH3 is 3. The van der Waals surface area contributed by atoms with Crippen LogP contribution in [0.15, 0.2) is 42.5 Å². The minimum atomic E-state index is -0.884. The molecule has 0 saturated heterocycles. The third kappa shape index (κ3) is 9.25. The van der Waals surface area contributed by atoms with E-state index < -0.39 is 17.8 Å². The monoisotopic (exact) mass is 485 g/mol. The van der Waals surface area contributed by atoms with E-state index in [-0.39, 0.29) is 0 Å². The molecule has 0 saturated carbocycles. The molecular weight excluding hydrogens is 446 g/mol. The molecule has 1 unspecified atom stereocenters. The number of esters is 1. The van der Waals surface area contributed by atoms with Gasteiger partial charge in [0.2, 0.25) is 5.91 Å². The van der Waals surface area contributed by atoms with E-state index in [2.05, 4.69) is 18.3 Å². The summed E-state index contributed by atoms with van der Waals surface area (Å²) in [6, 6.07) is 13.1. The van der Waals surface area contributed by atoms with Crippen LogP contribution in [0.2, 0.25) is 0 Å². The number of hydrogen-bond donors (Lipinski definition) is 1. The first-order valence-electron chi connectivity index (χ1n) is 12.3. The van der Waals surface area contributed by atoms with Crippen LogP contribution < -0.4 is 14.8 Å². The second-order valence-electron chi connectivity index (χ2n) is 8.44. The molecule has 0 fully saturated rings. The molecule has 1 amide bonds. The molecule has 0 bridgehead atoms. The fourth-order valence-electron chi connectivity index (χ4n) is 3.81. The number of ether oxygens (including phenoxy) is 4. The van der Waals surface area contributed by atoms with Crippen molar-refractivity contribution in [1.29, 1.82) is 0 Å². The maximum Gasteiger partial charge on any atom is 0.318 e. The van der Waals surface area contributed by atoms with Gasteiger partial charge in [0.1, 0.15) is 17.4 Å². The SMILES string of the molecule is CCCCCC(C(=O)Nc1cc(OC)ccc1Oc1ccccc1CCCCCOC)C(=O)OC. The lowest BCUT2D eigenvalue weighted by Gasteiger charge is -2.18. The Kier molecular flexibility index (Phi) is 12.7. The van der Waals surface area contributed by atoms with Crippen LogP contribution in [0, 0.1) is 5.92 Å². The molecule has 7 heteroatoms. The Bertz CT molecular complexity index is 929. The van der Waals surface area contributed by atoms with Crippen molar-refractivity contribution in [3.63, 3.8) is 0 Å². The summed E-state index contributed by atoms with van der Waals surface area (Å²) in [6.45, 7) is 2.84. The van der Waals surface area contributed by atoms with Gasteiger partial charge in [-0.05, 0) is 49.4 Å². The standard InChI is InChI=1S/C28H39NO6/c1-5-6-8-15-23(28(31)34-4)27(30)29-24-20-22(33-3)17-18-26(24)35-25-16-11-10-14-21(25)13-9-7-12-19-32-2/h10-11,14,16-18,20,23H,5-9,12-13,15,19H2,1-4H3,(H,29,30). The quantitative estimate of drug-likeness (QED) is 0.174. The van der Waals surface area contributed by atoms with Crippen molar-refractivity contribution in [2.75, 3.05) is 33.3 Å². The summed E-state index contributed by atoms with van der Waals surface area (Å²) in [5, 5.41) is 2.87. The molecular formula is C28H39NO6. The van der Waals surface area contributed by atoms with Gasteiger partial charge in [-0.1, -0.05) is 50.8 Å². The summed E-state index contributed by atoms with van der Waals surface area (Å²) >= 11 is 0. The molecule has 35 heavy (non-hydrogen) atoms. The van der Waals surface area contributed by atoms with Crippen LogP contribution in [0.5, 0.6) is 17.2 Å². The van der Waals surface area contributed by atoms with E-state index in [1.165, 1.54) is 7.11 Å². The van der Waals surface area contributed by atoms with E-state index in [1.54, 1.807) is 32.4 Å². The predicted molar refractivity (Wildman–Crippen MR) is 137 cm³/mol. The van der Waals surface area contributed by atoms with Crippen molar-refractivity contribution < 1.29 is 28.5 Å². The Labute approximate surface area is 209 Å². The van der Waals surface area contributed by atoms with Gasteiger partial charge < -0.3 is 24.3 Å². The number of benzene rings is 2. The summed E-state index contributed by atoms with van der Waals surface area (Å²) in [6.07, 6.45) is 7.12. The molecule has 0 aliphatic rings. The third-order valence-corrected chi connectivity index (χ3v) is 5.83. The first-order valence-corrected chi connectivity index (χ1v) is 12.3. The van der Waals surface area contributed by atoms with Crippen LogP contribution in [0.25, 0.3) is 0 Å². The van der Waals surface area contributed by atoms with E-state index in [0.717, 1.165) is 62.9 Å². The van der Waals surface area contributed by atoms with Crippen molar-refractivity contribution >= 4 is 17.6 Å². The van der Waals surface area contributed by atoms with Gasteiger partial charge in [-0.25, -0.2) is 0 Å². The number of hydrogen-bond acceptors (Lipinski definition) is 6. The Balaban J connectivity index is 2.22. The molecule has 0 spiro atoms. The molecule has 0 aromatic heterocycles. The second-order valence-corrected chi connectivity index (χ2v) is 8.44. The fraction of sp³-hybridized carbons (Fsp3) is 0.500. The Morgan fingerprint density at radius 2 is 1.71 bits per heavy atom. The van der Waals surface area contributed by atoms with Crippen molar-refractivity contribution in [3.05, 3.63) is 48.0 Å². The average molecular weight is 486 g/mol. The van der Waals surface area contributed by atoms with Crippen LogP contribution in [-0.2, 0) is 25.5 Å². The normalized spacial score (nSPS) is 11.5. The van der Waals surface area contributed by atoms with Crippen LogP contribution in [0.4, 0.5) is 5.69 Å². The highest BCUT2D eigenvalue weighted by Gasteiger charge is 2.28. The van der Waals surface area contributed by atoms with E-state index in [0.29, 0.717) is 23.6 Å². The van der Waals surface area contributed by atoms with Crippen LogP contribution in [0.1, 0.15) is 57.4 Å². The number of aryl methyl sites for hydroxylation is 1. The van der Waals surface area contributed by atoms with Gasteiger partial charge in [0.25, 0.3) is 0 Å². The van der Waals surface area contributed by atoms with E-state index >= 15 is 0 Å². The highest BCUT2D eigenvalue weighted by molar-refractivity contribution is 6.05. The molecule has 0 aliphatic heterocycles. The molecule has 1 N–H and O–H groups in total. The molecule has 0 aliphatic carbocycles. The molecule has 1 atom stereocenters. The second kappa shape index (κ2) is 15.8. The Hall–Kier alpha value is -3.06. The van der Waals surface area contributed by atoms with Gasteiger partial charge in [-0.2, -0.15) is 0 Å². The van der Waals surface area contributed by atoms with Crippen LogP contribution in [0.3, 0.4) is 0 Å². The third-order valence-electron chi connectivity index (χ3n) is 5.83. The van der Waals surface area contributed by atoms with E-state index in [1.807, 2.05) is 18.2 Å². The van der Waals surface area contributed by atoms with E-state index in [9.17, 15) is 9.59 Å². The Morgan fingerprint density at radius 1 is 0.914 bits per heavy atom. The van der Waals surface area contributed by atoms with Gasteiger partial charge in [0, 0.05) is 19.8 Å². The Morgan fingerprint density at radius 3 is 2.43 bits per heavy atom. The van der Waals surface area contributed by atoms with Gasteiger partial charge in [-0.15, -0.1) is 0 Å². The van der Waals surface area contributed by atoms with Crippen molar-refractivity contribution in [3.8, 4) is 17.2 Å². The lowest BCUT2D eigenvalue weighted by molar-refractivity contribution is -0.149. The topological polar surface area (TPSA) is 83.1 Å². The maximum atomic E-state index is 13.1. The first-order chi connectivity index (χ1) is 17.0. The lowest BCUT2D eigenvalue weighted by Crippen LogP contribution is -2.30. The summed E-state index contributed by atoms with van der Waals surface area (Å²) in [5.41, 5.74) is 1.53. The number of para-hydroxylation sites is 1. The molecule has 2 aromatic rings. The number of rotatable bonds is 16. The molecule has 2 aromatic carbocycles. The zero-order chi connectivity index (χ0) is 25.5. The minimum Gasteiger partial charge on any atom is -0.497 e. The fourth-order valence-corrected chi connectivity index (χ4v) is 3.81. The highest BCUT2D eigenvalue weighted by atomic mass is 16.5. The molecule has 0 heterocycles. The largest absolute Gasteiger partial charge is 0.497 e. The number of carbonyl (C=O) groups excluding carboxylic acids is 2. The average Bonchev–Trinajstić information content (AvgIpc) is 2.87. The number of anilines is 1. The van der Waals surface area contributed by atoms with Crippen LogP contribution >= 0.6 is 0 Å². The minimum absolute atomic E-state index is 0.419. The zero-order valence-electron chi connectivity index (χ0n) is 21.4. The van der Waals surface area contributed by atoms with Crippen molar-refractivity contribution in [2.24, 2.45) is 5.92 Å². The summed E-state index contributed by atoms with van der Waals surface area (Å²) in [5.74, 6) is -0.0690. The van der Waals surface area contributed by atoms with Gasteiger partial charge in [0.15, 0.2) is 5.75 Å². The van der Waals surface area contributed by atoms with Gasteiger partial charge in [-0.3, -0.25) is 9.59 Å². The number of unbranched alkanes of at least 4 members (excludes halogenated alkanes) is 4. The zero-order valence-corrected chi connectivity index (χ0v) is 21.4. The van der Waals surface area contributed by atoms with Gasteiger partial charge >= 0.3 is 5.97 Å². The van der Waals surface area contributed by atoms with Crippen molar-refractivity contribution in [2.45, 2.75) is 58.3 Å². The summed E-state index contributed by atoms with van der Waals surface area (Å²) in [4.78, 5) is 25.4. The van der Waals surface area contributed by atoms with Crippen LogP contribution in [-0.4, -0.2) is 39.8 Å². The first kappa shape index (κ1) is 28.2. The number of carbonyl (C=O) groups is 2. The molecule has 2 rings (SSSR count). The highest BCUT2D eigenvalue weighted by Crippen LogP contribution is 2.35. The smallest absolute Gasteiger partial charge is 0.318 e. The molecule has 0 radical (unpaired) electrons. The van der Waals surface area contributed by atoms with Gasteiger partial charge in [0.05, 0.1) is 19.9 Å². The summed E-state index contributed by atoms with van der Waals surface area (Å²) in [7, 11) is 4.57. The van der Waals surface area contributed by atoms with Crippen molar-refractivity contribution in [1.82, 2.24) is 0 Å². The molecule has 192 valence electrons. The maximum absolute atomic E-state index is 13.1. The van der Waals surface area contributed by atoms with E-state index in [4.69, 9.17) is 18.9 Å². The summed E-state index contributed by atoms with van der Waals surface area (Å²) < 4.78 is 21.6. The number of amides is 1. The molecule has 7 nitrogen and oxygen atoms in total.